The maximum Gasteiger partial charge on any atom is 0.314 e. The first-order valence-corrected chi connectivity index (χ1v) is 11.1. The Hall–Kier alpha value is -3.73. The van der Waals surface area contributed by atoms with Crippen molar-refractivity contribution in [3.63, 3.8) is 0 Å². The van der Waals surface area contributed by atoms with Crippen molar-refractivity contribution in [3.8, 4) is 11.5 Å². The van der Waals surface area contributed by atoms with E-state index in [2.05, 4.69) is 0 Å². The van der Waals surface area contributed by atoms with Gasteiger partial charge in [0.2, 0.25) is 0 Å². The Morgan fingerprint density at radius 3 is 1.36 bits per heavy atom. The Bertz CT molecular complexity index is 986. The second kappa shape index (κ2) is 11.8. The van der Waals surface area contributed by atoms with Crippen molar-refractivity contribution in [1.29, 1.82) is 0 Å². The largest absolute Gasteiger partial charge is 0.426 e. The van der Waals surface area contributed by atoms with Gasteiger partial charge < -0.3 is 9.47 Å². The molecule has 5 nitrogen and oxygen atoms in total. The molecule has 0 aliphatic rings. The summed E-state index contributed by atoms with van der Waals surface area (Å²) in [6, 6.07) is 26.6. The third-order valence-electron chi connectivity index (χ3n) is 5.43. The summed E-state index contributed by atoms with van der Waals surface area (Å²) in [5.41, 5.74) is 0.551. The van der Waals surface area contributed by atoms with Gasteiger partial charge in [0.1, 0.15) is 11.5 Å². The van der Waals surface area contributed by atoms with Gasteiger partial charge in [0.05, 0.1) is 11.8 Å². The summed E-state index contributed by atoms with van der Waals surface area (Å²) in [6.07, 6.45) is 0.532. The predicted octanol–water partition coefficient (Wildman–Crippen LogP) is 5.75. The van der Waals surface area contributed by atoms with Crippen LogP contribution < -0.4 is 9.47 Å². The lowest BCUT2D eigenvalue weighted by Crippen LogP contribution is -2.28. The normalized spacial score (nSPS) is 13.4. The van der Waals surface area contributed by atoms with Gasteiger partial charge in [-0.15, -0.1) is 0 Å². The number of benzene rings is 3. The van der Waals surface area contributed by atoms with Gasteiger partial charge in [0, 0.05) is 11.5 Å². The number of rotatable bonds is 10. The molecule has 0 aliphatic heterocycles. The highest BCUT2D eigenvalue weighted by Gasteiger charge is 2.30. The lowest BCUT2D eigenvalue weighted by molar-refractivity contribution is -0.139. The average molecular weight is 445 g/mol. The number of ketones is 1. The number of hydrogen-bond acceptors (Lipinski definition) is 5. The zero-order chi connectivity index (χ0) is 23.6. The van der Waals surface area contributed by atoms with Crippen LogP contribution in [0.1, 0.15) is 37.0 Å². The van der Waals surface area contributed by atoms with Crippen LogP contribution in [0.5, 0.6) is 11.5 Å². The third-order valence-corrected chi connectivity index (χ3v) is 5.43. The van der Waals surface area contributed by atoms with Crippen LogP contribution >= 0.6 is 0 Å². The molecule has 0 fully saturated rings. The Morgan fingerprint density at radius 1 is 0.606 bits per heavy atom. The fourth-order valence-corrected chi connectivity index (χ4v) is 3.60. The highest BCUT2D eigenvalue weighted by Crippen LogP contribution is 2.27. The minimum absolute atomic E-state index is 0.102. The van der Waals surface area contributed by atoms with Gasteiger partial charge >= 0.3 is 11.9 Å². The minimum Gasteiger partial charge on any atom is -0.426 e. The van der Waals surface area contributed by atoms with Gasteiger partial charge in [-0.2, -0.15) is 0 Å². The number of Topliss-reactive ketones (excluding diaryl/α,β-unsaturated/α-hetero) is 1. The molecule has 2 unspecified atom stereocenters. The van der Waals surface area contributed by atoms with Crippen LogP contribution in [0.4, 0.5) is 0 Å². The quantitative estimate of drug-likeness (QED) is 0.226. The van der Waals surface area contributed by atoms with Crippen LogP contribution in [0.3, 0.4) is 0 Å². The van der Waals surface area contributed by atoms with Crippen molar-refractivity contribution < 1.29 is 23.9 Å². The van der Waals surface area contributed by atoms with Crippen molar-refractivity contribution >= 4 is 17.7 Å². The first-order valence-electron chi connectivity index (χ1n) is 11.1. The van der Waals surface area contributed by atoms with E-state index in [0.717, 1.165) is 0 Å². The van der Waals surface area contributed by atoms with Crippen LogP contribution in [0.2, 0.25) is 0 Å². The van der Waals surface area contributed by atoms with Crippen LogP contribution in [-0.4, -0.2) is 17.7 Å². The summed E-state index contributed by atoms with van der Waals surface area (Å²) in [7, 11) is 0. The molecule has 170 valence electrons. The Kier molecular flexibility index (Phi) is 8.53. The zero-order valence-electron chi connectivity index (χ0n) is 18.8. The van der Waals surface area contributed by atoms with Crippen molar-refractivity contribution in [2.75, 3.05) is 0 Å². The molecule has 3 rings (SSSR count). The monoisotopic (exact) mass is 444 g/mol. The van der Waals surface area contributed by atoms with E-state index in [9.17, 15) is 14.4 Å². The maximum atomic E-state index is 13.3. The summed E-state index contributed by atoms with van der Waals surface area (Å²) in [5, 5.41) is 0. The zero-order valence-corrected chi connectivity index (χ0v) is 18.8. The molecule has 0 amide bonds. The summed E-state index contributed by atoms with van der Waals surface area (Å²) in [6.45, 7) is 3.48. The highest BCUT2D eigenvalue weighted by atomic mass is 16.5. The molecule has 0 N–H and O–H groups in total. The molecule has 3 aromatic carbocycles. The molecule has 3 aromatic rings. The predicted molar refractivity (Wildman–Crippen MR) is 126 cm³/mol. The molecular formula is C28H28O5. The van der Waals surface area contributed by atoms with Crippen LogP contribution in [0, 0.1) is 17.8 Å². The van der Waals surface area contributed by atoms with Crippen molar-refractivity contribution in [1.82, 2.24) is 0 Å². The fourth-order valence-electron chi connectivity index (χ4n) is 3.60. The van der Waals surface area contributed by atoms with Gasteiger partial charge in [0.25, 0.3) is 0 Å². The Balaban J connectivity index is 1.71. The van der Waals surface area contributed by atoms with Gasteiger partial charge in [-0.1, -0.05) is 80.6 Å². The SMILES string of the molecule is CC(CC(CC(C)C(=O)Oc1ccccc1)C(=O)c1ccccc1)C(=O)Oc1ccccc1. The summed E-state index contributed by atoms with van der Waals surface area (Å²) in [4.78, 5) is 38.6. The molecule has 0 aliphatic carbocycles. The summed E-state index contributed by atoms with van der Waals surface area (Å²) >= 11 is 0. The second-order valence-electron chi connectivity index (χ2n) is 8.17. The second-order valence-corrected chi connectivity index (χ2v) is 8.17. The smallest absolute Gasteiger partial charge is 0.314 e. The van der Waals surface area contributed by atoms with Crippen LogP contribution in [0.25, 0.3) is 0 Å². The number of hydrogen-bond donors (Lipinski definition) is 0. The summed E-state index contributed by atoms with van der Waals surface area (Å²) < 4.78 is 10.9. The fraction of sp³-hybridized carbons (Fsp3) is 0.250. The molecule has 0 saturated carbocycles. The average Bonchev–Trinajstić information content (AvgIpc) is 2.84. The highest BCUT2D eigenvalue weighted by molar-refractivity contribution is 5.98. The van der Waals surface area contributed by atoms with Crippen molar-refractivity contribution in [3.05, 3.63) is 96.6 Å². The van der Waals surface area contributed by atoms with Crippen LogP contribution in [0.15, 0.2) is 91.0 Å². The lowest BCUT2D eigenvalue weighted by atomic mass is 9.83. The van der Waals surface area contributed by atoms with Gasteiger partial charge in [-0.3, -0.25) is 14.4 Å². The first-order chi connectivity index (χ1) is 15.9. The topological polar surface area (TPSA) is 69.7 Å². The number of ether oxygens (including phenoxy) is 2. The number of esters is 2. The summed E-state index contributed by atoms with van der Waals surface area (Å²) in [5.74, 6) is -1.60. The van der Waals surface area contributed by atoms with Gasteiger partial charge in [-0.25, -0.2) is 0 Å². The molecule has 0 radical (unpaired) electrons. The van der Waals surface area contributed by atoms with E-state index in [1.807, 2.05) is 18.2 Å². The number of carbonyl (C=O) groups excluding carboxylic acids is 3. The van der Waals surface area contributed by atoms with E-state index in [4.69, 9.17) is 9.47 Å². The molecule has 5 heteroatoms. The number of carbonyl (C=O) groups is 3. The van der Waals surface area contributed by atoms with E-state index < -0.39 is 29.7 Å². The molecule has 0 saturated heterocycles. The number of para-hydroxylation sites is 2. The molecular weight excluding hydrogens is 416 g/mol. The van der Waals surface area contributed by atoms with Gasteiger partial charge in [-0.05, 0) is 37.1 Å². The van der Waals surface area contributed by atoms with Gasteiger partial charge in [0.15, 0.2) is 5.78 Å². The maximum absolute atomic E-state index is 13.3. The van der Waals surface area contributed by atoms with E-state index in [0.29, 0.717) is 17.1 Å². The Morgan fingerprint density at radius 2 is 0.970 bits per heavy atom. The van der Waals surface area contributed by atoms with E-state index >= 15 is 0 Å². The molecule has 2 atom stereocenters. The van der Waals surface area contributed by atoms with E-state index in [-0.39, 0.29) is 18.6 Å². The minimum atomic E-state index is -0.538. The van der Waals surface area contributed by atoms with Crippen LogP contribution in [-0.2, 0) is 9.59 Å². The van der Waals surface area contributed by atoms with E-state index in [1.54, 1.807) is 86.6 Å². The molecule has 0 heterocycles. The van der Waals surface area contributed by atoms with Crippen molar-refractivity contribution in [2.24, 2.45) is 17.8 Å². The van der Waals surface area contributed by atoms with E-state index in [1.165, 1.54) is 0 Å². The molecule has 0 spiro atoms. The lowest BCUT2D eigenvalue weighted by Gasteiger charge is -2.22. The molecule has 33 heavy (non-hydrogen) atoms. The molecule has 0 bridgehead atoms. The molecule has 0 aromatic heterocycles. The third kappa shape index (κ3) is 7.14. The first kappa shape index (κ1) is 23.9. The van der Waals surface area contributed by atoms with Crippen molar-refractivity contribution in [2.45, 2.75) is 26.7 Å². The Labute approximate surface area is 194 Å². The standard InChI is InChI=1S/C28H28O5/c1-20(27(30)32-24-14-8-4-9-15-24)18-23(26(29)22-12-6-3-7-13-22)19-21(2)28(31)33-25-16-10-5-11-17-25/h3-17,20-21,23H,18-19H2,1-2H3.